The number of hydrogen-bond donors (Lipinski definition) is 1. The zero-order valence-corrected chi connectivity index (χ0v) is 17.7. The van der Waals surface area contributed by atoms with E-state index < -0.39 is 0 Å². The summed E-state index contributed by atoms with van der Waals surface area (Å²) in [5, 5.41) is 9.75. The molecule has 0 saturated carbocycles. The van der Waals surface area contributed by atoms with Crippen LogP contribution in [-0.2, 0) is 18.4 Å². The Kier molecular flexibility index (Phi) is 8.05. The van der Waals surface area contributed by atoms with Crippen molar-refractivity contribution in [1.29, 1.82) is 0 Å². The number of carbonyl (C=O) groups excluding carboxylic acids is 1. The maximum absolute atomic E-state index is 13.0. The molecule has 27 heavy (non-hydrogen) atoms. The van der Waals surface area contributed by atoms with Crippen molar-refractivity contribution < 1.29 is 4.79 Å². The van der Waals surface area contributed by atoms with Gasteiger partial charge in [-0.15, -0.1) is 36.2 Å². The smallest absolute Gasteiger partial charge is 0.227 e. The largest absolute Gasteiger partial charge is 0.340 e. The van der Waals surface area contributed by atoms with E-state index in [9.17, 15) is 4.79 Å². The Labute approximate surface area is 175 Å². The monoisotopic (exact) mass is 432 g/mol. The van der Waals surface area contributed by atoms with E-state index >= 15 is 0 Å². The zero-order valence-electron chi connectivity index (χ0n) is 15.3. The fourth-order valence-corrected chi connectivity index (χ4v) is 4.38. The first-order chi connectivity index (χ1) is 12.2. The second-order valence-corrected chi connectivity index (χ2v) is 7.62. The van der Waals surface area contributed by atoms with E-state index in [0.29, 0.717) is 0 Å². The first-order valence-electron chi connectivity index (χ1n) is 8.78. The molecule has 7 nitrogen and oxygen atoms in total. The molecule has 4 heterocycles. The van der Waals surface area contributed by atoms with Gasteiger partial charge in [0, 0.05) is 70.4 Å². The normalized spacial score (nSPS) is 22.9. The molecule has 1 amide bonds. The van der Waals surface area contributed by atoms with E-state index in [1.807, 2.05) is 34.5 Å². The summed E-state index contributed by atoms with van der Waals surface area (Å²) >= 11 is 1.63. The molecule has 0 radical (unpaired) electrons. The molecule has 0 spiro atoms. The third-order valence-corrected chi connectivity index (χ3v) is 5.87. The number of aryl methyl sites for hydroxylation is 1. The number of halogens is 2. The Hall–Kier alpha value is -1.19. The lowest BCUT2D eigenvalue weighted by Gasteiger charge is -2.36. The summed E-state index contributed by atoms with van der Waals surface area (Å²) in [6.45, 7) is 5.94. The van der Waals surface area contributed by atoms with Crippen LogP contribution in [0, 0.1) is 5.92 Å². The van der Waals surface area contributed by atoms with Crippen LogP contribution >= 0.6 is 36.2 Å². The fourth-order valence-electron chi connectivity index (χ4n) is 3.83. The Morgan fingerprint density at radius 3 is 2.67 bits per heavy atom. The Balaban J connectivity index is 0.00000131. The molecule has 2 aromatic rings. The van der Waals surface area contributed by atoms with Gasteiger partial charge in [-0.25, -0.2) is 4.98 Å². The predicted molar refractivity (Wildman–Crippen MR) is 111 cm³/mol. The van der Waals surface area contributed by atoms with E-state index in [2.05, 4.69) is 25.7 Å². The summed E-state index contributed by atoms with van der Waals surface area (Å²) < 4.78 is 1.81. The predicted octanol–water partition coefficient (Wildman–Crippen LogP) is 1.37. The van der Waals surface area contributed by atoms with Gasteiger partial charge in [-0.3, -0.25) is 14.4 Å². The molecule has 2 fully saturated rings. The number of nitrogens with zero attached hydrogens (tertiary/aromatic N) is 5. The number of thiazole rings is 1. The van der Waals surface area contributed by atoms with E-state index in [-0.39, 0.29) is 42.6 Å². The van der Waals surface area contributed by atoms with Gasteiger partial charge in [0.25, 0.3) is 0 Å². The van der Waals surface area contributed by atoms with Gasteiger partial charge in [0.2, 0.25) is 5.91 Å². The SMILES string of the molecule is Cl.Cl.Cn1cc([C@H]2CNC[C@@H]2C(=O)N2CCN(Cc3cscn3)CC2)cn1. The van der Waals surface area contributed by atoms with Crippen LogP contribution in [0.5, 0.6) is 0 Å². The standard InChI is InChI=1S/C17H24N6OS.2ClH/c1-21-9-13(6-20-21)15-7-18-8-16(15)17(24)23-4-2-22(3-5-23)10-14-11-25-12-19-14;;/h6,9,11-12,15-16,18H,2-5,7-8,10H2,1H3;2*1H/t15-,16+;;/m1../s1. The quantitative estimate of drug-likeness (QED) is 0.789. The second-order valence-electron chi connectivity index (χ2n) is 6.90. The molecular formula is C17H26Cl2N6OS. The molecular weight excluding hydrogens is 407 g/mol. The van der Waals surface area contributed by atoms with Crippen LogP contribution in [0.15, 0.2) is 23.3 Å². The summed E-state index contributed by atoms with van der Waals surface area (Å²) in [6, 6.07) is 0. The topological polar surface area (TPSA) is 66.3 Å². The summed E-state index contributed by atoms with van der Waals surface area (Å²) in [5.41, 5.74) is 4.16. The van der Waals surface area contributed by atoms with Crippen LogP contribution in [0.4, 0.5) is 0 Å². The van der Waals surface area contributed by atoms with Crippen LogP contribution in [0.2, 0.25) is 0 Å². The van der Waals surface area contributed by atoms with Gasteiger partial charge in [0.05, 0.1) is 23.3 Å². The highest BCUT2D eigenvalue weighted by molar-refractivity contribution is 7.07. The molecule has 2 aliphatic heterocycles. The number of aromatic nitrogens is 3. The number of piperazine rings is 1. The average Bonchev–Trinajstić information content (AvgIpc) is 3.36. The molecule has 1 N–H and O–H groups in total. The van der Waals surface area contributed by atoms with Crippen LogP contribution < -0.4 is 5.32 Å². The Morgan fingerprint density at radius 2 is 2.04 bits per heavy atom. The summed E-state index contributed by atoms with van der Waals surface area (Å²) in [4.78, 5) is 21.8. The molecule has 2 aromatic heterocycles. The zero-order chi connectivity index (χ0) is 17.2. The van der Waals surface area contributed by atoms with Gasteiger partial charge in [0.15, 0.2) is 0 Å². The Bertz CT molecular complexity index is 717. The molecule has 10 heteroatoms. The van der Waals surface area contributed by atoms with Gasteiger partial charge < -0.3 is 10.2 Å². The van der Waals surface area contributed by atoms with Crippen molar-refractivity contribution in [2.75, 3.05) is 39.3 Å². The molecule has 150 valence electrons. The highest BCUT2D eigenvalue weighted by Crippen LogP contribution is 2.29. The molecule has 4 rings (SSSR count). The number of hydrogen-bond acceptors (Lipinski definition) is 6. The fraction of sp³-hybridized carbons (Fsp3) is 0.588. The van der Waals surface area contributed by atoms with Crippen molar-refractivity contribution in [2.24, 2.45) is 13.0 Å². The third kappa shape index (κ3) is 5.00. The van der Waals surface area contributed by atoms with E-state index in [1.165, 1.54) is 0 Å². The highest BCUT2D eigenvalue weighted by atomic mass is 35.5. The van der Waals surface area contributed by atoms with E-state index in [0.717, 1.165) is 57.1 Å². The van der Waals surface area contributed by atoms with Gasteiger partial charge in [-0.1, -0.05) is 0 Å². The molecule has 0 aromatic carbocycles. The van der Waals surface area contributed by atoms with Crippen molar-refractivity contribution >= 4 is 42.1 Å². The minimum absolute atomic E-state index is 0. The minimum atomic E-state index is 0. The molecule has 0 aliphatic carbocycles. The van der Waals surface area contributed by atoms with Crippen molar-refractivity contribution in [1.82, 2.24) is 29.9 Å². The summed E-state index contributed by atoms with van der Waals surface area (Å²) in [7, 11) is 1.92. The van der Waals surface area contributed by atoms with E-state index in [4.69, 9.17) is 0 Å². The van der Waals surface area contributed by atoms with Crippen molar-refractivity contribution in [3.05, 3.63) is 34.5 Å². The van der Waals surface area contributed by atoms with Crippen LogP contribution in [0.25, 0.3) is 0 Å². The molecule has 2 atom stereocenters. The molecule has 0 bridgehead atoms. The second kappa shape index (κ2) is 9.84. The molecule has 0 unspecified atom stereocenters. The number of carbonyl (C=O) groups is 1. The molecule has 2 aliphatic rings. The van der Waals surface area contributed by atoms with Crippen molar-refractivity contribution in [3.8, 4) is 0 Å². The van der Waals surface area contributed by atoms with Gasteiger partial charge in [0.1, 0.15) is 0 Å². The Morgan fingerprint density at radius 1 is 1.26 bits per heavy atom. The van der Waals surface area contributed by atoms with Crippen molar-refractivity contribution in [3.63, 3.8) is 0 Å². The average molecular weight is 433 g/mol. The van der Waals surface area contributed by atoms with Crippen LogP contribution in [-0.4, -0.2) is 69.7 Å². The highest BCUT2D eigenvalue weighted by Gasteiger charge is 2.37. The number of rotatable bonds is 4. The van der Waals surface area contributed by atoms with Crippen LogP contribution in [0.1, 0.15) is 17.2 Å². The lowest BCUT2D eigenvalue weighted by molar-refractivity contribution is -0.137. The third-order valence-electron chi connectivity index (χ3n) is 5.24. The summed E-state index contributed by atoms with van der Waals surface area (Å²) in [6.07, 6.45) is 3.92. The first-order valence-corrected chi connectivity index (χ1v) is 9.72. The van der Waals surface area contributed by atoms with Crippen molar-refractivity contribution in [2.45, 2.75) is 12.5 Å². The van der Waals surface area contributed by atoms with E-state index in [1.54, 1.807) is 11.3 Å². The molecule has 2 saturated heterocycles. The van der Waals surface area contributed by atoms with Crippen LogP contribution in [0.3, 0.4) is 0 Å². The first kappa shape index (κ1) is 22.1. The number of nitrogens with one attached hydrogen (secondary N) is 1. The van der Waals surface area contributed by atoms with Gasteiger partial charge in [-0.05, 0) is 5.56 Å². The maximum Gasteiger partial charge on any atom is 0.227 e. The van der Waals surface area contributed by atoms with Gasteiger partial charge in [-0.2, -0.15) is 5.10 Å². The minimum Gasteiger partial charge on any atom is -0.340 e. The lowest BCUT2D eigenvalue weighted by atomic mass is 9.89. The van der Waals surface area contributed by atoms with Gasteiger partial charge >= 0.3 is 0 Å². The summed E-state index contributed by atoms with van der Waals surface area (Å²) in [5.74, 6) is 0.538. The maximum atomic E-state index is 13.0. The lowest BCUT2D eigenvalue weighted by Crippen LogP contribution is -2.50. The number of amides is 1.